The van der Waals surface area contributed by atoms with Gasteiger partial charge in [-0.3, -0.25) is 4.79 Å². The maximum atomic E-state index is 13.8. The van der Waals surface area contributed by atoms with Crippen LogP contribution in [-0.4, -0.2) is 36.0 Å². The molecule has 1 heterocycles. The summed E-state index contributed by atoms with van der Waals surface area (Å²) in [5, 5.41) is 3.35. The van der Waals surface area contributed by atoms with Gasteiger partial charge in [0, 0.05) is 25.2 Å². The lowest BCUT2D eigenvalue weighted by Gasteiger charge is -2.36. The van der Waals surface area contributed by atoms with E-state index in [1.807, 2.05) is 20.8 Å². The van der Waals surface area contributed by atoms with Crippen LogP contribution < -0.4 is 5.32 Å². The predicted molar refractivity (Wildman–Crippen MR) is 76.3 cm³/mol. The zero-order valence-electron chi connectivity index (χ0n) is 11.4. The van der Waals surface area contributed by atoms with E-state index in [4.69, 9.17) is 0 Å². The van der Waals surface area contributed by atoms with E-state index in [-0.39, 0.29) is 36.0 Å². The second-order valence-electron chi connectivity index (χ2n) is 5.16. The average molecular weight is 287 g/mol. The van der Waals surface area contributed by atoms with Gasteiger partial charge in [-0.1, -0.05) is 6.07 Å². The maximum Gasteiger partial charge on any atom is 0.256 e. The van der Waals surface area contributed by atoms with Crippen LogP contribution in [0.1, 0.15) is 29.8 Å². The molecule has 1 fully saturated rings. The fourth-order valence-corrected chi connectivity index (χ4v) is 2.46. The summed E-state index contributed by atoms with van der Waals surface area (Å²) < 4.78 is 13.8. The number of amides is 1. The second-order valence-corrected chi connectivity index (χ2v) is 5.16. The Kier molecular flexibility index (Phi) is 5.32. The van der Waals surface area contributed by atoms with Gasteiger partial charge in [-0.2, -0.15) is 0 Å². The molecule has 0 spiro atoms. The first-order valence-corrected chi connectivity index (χ1v) is 6.29. The Bertz CT molecular complexity index is 457. The van der Waals surface area contributed by atoms with Crippen LogP contribution in [-0.2, 0) is 0 Å². The molecule has 19 heavy (non-hydrogen) atoms. The Morgan fingerprint density at radius 1 is 1.32 bits per heavy atom. The number of nitrogens with one attached hydrogen (secondary N) is 1. The van der Waals surface area contributed by atoms with Gasteiger partial charge in [0.2, 0.25) is 0 Å². The van der Waals surface area contributed by atoms with Gasteiger partial charge in [0.25, 0.3) is 5.91 Å². The predicted octanol–water partition coefficient (Wildman–Crippen LogP) is 2.38. The fraction of sp³-hybridized carbons (Fsp3) is 0.500. The third-order valence-electron chi connectivity index (χ3n) is 3.20. The highest BCUT2D eigenvalue weighted by molar-refractivity contribution is 5.94. The highest BCUT2D eigenvalue weighted by Gasteiger charge is 2.26. The smallest absolute Gasteiger partial charge is 0.256 e. The van der Waals surface area contributed by atoms with Crippen LogP contribution in [0.2, 0.25) is 0 Å². The minimum absolute atomic E-state index is 0. The molecule has 5 heteroatoms. The molecule has 106 valence electrons. The van der Waals surface area contributed by atoms with Crippen LogP contribution in [0.25, 0.3) is 0 Å². The van der Waals surface area contributed by atoms with Gasteiger partial charge in [0.15, 0.2) is 0 Å². The Labute approximate surface area is 119 Å². The van der Waals surface area contributed by atoms with Gasteiger partial charge in [0.05, 0.1) is 5.56 Å². The van der Waals surface area contributed by atoms with Crippen LogP contribution in [0, 0.1) is 12.7 Å². The van der Waals surface area contributed by atoms with E-state index in [0.717, 1.165) is 5.56 Å². The maximum absolute atomic E-state index is 13.8. The third-order valence-corrected chi connectivity index (χ3v) is 3.20. The Morgan fingerprint density at radius 2 is 1.89 bits per heavy atom. The first kappa shape index (κ1) is 15.9. The molecule has 1 amide bonds. The zero-order valence-corrected chi connectivity index (χ0v) is 12.3. The summed E-state index contributed by atoms with van der Waals surface area (Å²) in [5.41, 5.74) is 0.994. The van der Waals surface area contributed by atoms with E-state index >= 15 is 0 Å². The monoisotopic (exact) mass is 286 g/mol. The third kappa shape index (κ3) is 3.67. The van der Waals surface area contributed by atoms with Crippen molar-refractivity contribution in [2.45, 2.75) is 32.9 Å². The number of piperazine rings is 1. The molecule has 2 unspecified atom stereocenters. The number of halogens is 2. The lowest BCUT2D eigenvalue weighted by Crippen LogP contribution is -2.55. The van der Waals surface area contributed by atoms with E-state index < -0.39 is 5.82 Å². The molecule has 0 bridgehead atoms. The first-order chi connectivity index (χ1) is 8.47. The van der Waals surface area contributed by atoms with E-state index in [2.05, 4.69) is 5.32 Å². The molecule has 0 radical (unpaired) electrons. The zero-order chi connectivity index (χ0) is 13.3. The summed E-state index contributed by atoms with van der Waals surface area (Å²) in [6.45, 7) is 7.11. The number of aryl methyl sites for hydroxylation is 1. The minimum atomic E-state index is -0.432. The highest BCUT2D eigenvalue weighted by atomic mass is 35.5. The van der Waals surface area contributed by atoms with Gasteiger partial charge < -0.3 is 10.2 Å². The molecule has 1 aliphatic rings. The SMILES string of the molecule is Cc1ccc(C(=O)N2CC(C)NC(C)C2)c(F)c1.Cl. The number of benzene rings is 1. The Balaban J connectivity index is 0.00000180. The van der Waals surface area contributed by atoms with E-state index in [1.54, 1.807) is 17.0 Å². The molecule has 1 aliphatic heterocycles. The van der Waals surface area contributed by atoms with Crippen molar-refractivity contribution in [3.8, 4) is 0 Å². The van der Waals surface area contributed by atoms with Crippen molar-refractivity contribution in [2.75, 3.05) is 13.1 Å². The first-order valence-electron chi connectivity index (χ1n) is 6.29. The van der Waals surface area contributed by atoms with Gasteiger partial charge in [-0.25, -0.2) is 4.39 Å². The van der Waals surface area contributed by atoms with E-state index in [0.29, 0.717) is 13.1 Å². The molecule has 2 rings (SSSR count). The lowest BCUT2D eigenvalue weighted by atomic mass is 10.1. The van der Waals surface area contributed by atoms with Gasteiger partial charge in [0.1, 0.15) is 5.82 Å². The lowest BCUT2D eigenvalue weighted by molar-refractivity contribution is 0.0669. The number of rotatable bonds is 1. The van der Waals surface area contributed by atoms with Gasteiger partial charge in [-0.15, -0.1) is 12.4 Å². The topological polar surface area (TPSA) is 32.3 Å². The summed E-state index contributed by atoms with van der Waals surface area (Å²) in [7, 11) is 0. The van der Waals surface area contributed by atoms with Crippen LogP contribution in [0.5, 0.6) is 0 Å². The van der Waals surface area contributed by atoms with Crippen LogP contribution in [0.15, 0.2) is 18.2 Å². The standard InChI is InChI=1S/C14H19FN2O.ClH/c1-9-4-5-12(13(15)6-9)14(18)17-7-10(2)16-11(3)8-17;/h4-6,10-11,16H,7-8H2,1-3H3;1H. The quantitative estimate of drug-likeness (QED) is 0.860. The van der Waals surface area contributed by atoms with Crippen LogP contribution >= 0.6 is 12.4 Å². The number of nitrogens with zero attached hydrogens (tertiary/aromatic N) is 1. The summed E-state index contributed by atoms with van der Waals surface area (Å²) in [5.74, 6) is -0.647. The molecule has 1 aromatic carbocycles. The Morgan fingerprint density at radius 3 is 2.42 bits per heavy atom. The fourth-order valence-electron chi connectivity index (χ4n) is 2.46. The van der Waals surface area contributed by atoms with Crippen LogP contribution in [0.4, 0.5) is 4.39 Å². The van der Waals surface area contributed by atoms with Crippen molar-refractivity contribution in [3.63, 3.8) is 0 Å². The number of carbonyl (C=O) groups excluding carboxylic acids is 1. The number of hydrogen-bond donors (Lipinski definition) is 1. The van der Waals surface area contributed by atoms with Crippen molar-refractivity contribution >= 4 is 18.3 Å². The van der Waals surface area contributed by atoms with Crippen LogP contribution in [0.3, 0.4) is 0 Å². The van der Waals surface area contributed by atoms with Crippen molar-refractivity contribution in [1.29, 1.82) is 0 Å². The summed E-state index contributed by atoms with van der Waals surface area (Å²) in [6.07, 6.45) is 0. The molecule has 3 nitrogen and oxygen atoms in total. The molecule has 1 saturated heterocycles. The molecule has 0 saturated carbocycles. The van der Waals surface area contributed by atoms with Crippen molar-refractivity contribution < 1.29 is 9.18 Å². The molecule has 0 aromatic heterocycles. The van der Waals surface area contributed by atoms with E-state index in [1.165, 1.54) is 6.07 Å². The van der Waals surface area contributed by atoms with Gasteiger partial charge in [-0.05, 0) is 38.5 Å². The number of hydrogen-bond acceptors (Lipinski definition) is 2. The molecular weight excluding hydrogens is 267 g/mol. The molecule has 1 N–H and O–H groups in total. The van der Waals surface area contributed by atoms with Crippen molar-refractivity contribution in [3.05, 3.63) is 35.1 Å². The summed E-state index contributed by atoms with van der Waals surface area (Å²) in [6, 6.07) is 5.23. The van der Waals surface area contributed by atoms with Crippen molar-refractivity contribution in [1.82, 2.24) is 10.2 Å². The minimum Gasteiger partial charge on any atom is -0.335 e. The molecular formula is C14H20ClFN2O. The molecule has 0 aliphatic carbocycles. The second kappa shape index (κ2) is 6.35. The van der Waals surface area contributed by atoms with Gasteiger partial charge >= 0.3 is 0 Å². The molecule has 2 atom stereocenters. The van der Waals surface area contributed by atoms with Crippen molar-refractivity contribution in [2.24, 2.45) is 0 Å². The average Bonchev–Trinajstić information content (AvgIpc) is 2.26. The Hall–Kier alpha value is -1.13. The van der Waals surface area contributed by atoms with E-state index in [9.17, 15) is 9.18 Å². The largest absolute Gasteiger partial charge is 0.335 e. The highest BCUT2D eigenvalue weighted by Crippen LogP contribution is 2.15. The summed E-state index contributed by atoms with van der Waals surface area (Å²) in [4.78, 5) is 14.0. The summed E-state index contributed by atoms with van der Waals surface area (Å²) >= 11 is 0. The molecule has 1 aromatic rings. The number of carbonyl (C=O) groups is 1. The normalized spacial score (nSPS) is 22.8.